The number of fused-ring (bicyclic) bond motifs is 5. The van der Waals surface area contributed by atoms with E-state index in [4.69, 9.17) is 4.74 Å². The van der Waals surface area contributed by atoms with Crippen molar-refractivity contribution in [3.05, 3.63) is 0 Å². The molecule has 4 fully saturated rings. The maximum Gasteiger partial charge on any atom is 0.312 e. The molecular formula is C26H42O5. The van der Waals surface area contributed by atoms with E-state index in [9.17, 15) is 19.8 Å². The van der Waals surface area contributed by atoms with Crippen molar-refractivity contribution in [1.29, 1.82) is 0 Å². The van der Waals surface area contributed by atoms with Crippen LogP contribution < -0.4 is 0 Å². The van der Waals surface area contributed by atoms with Crippen LogP contribution in [-0.4, -0.2) is 41.3 Å². The topological polar surface area (TPSA) is 83.8 Å². The van der Waals surface area contributed by atoms with Gasteiger partial charge in [-0.1, -0.05) is 40.5 Å². The first kappa shape index (κ1) is 23.2. The molecule has 2 N–H and O–H groups in total. The minimum Gasteiger partial charge on any atom is -0.469 e. The molecule has 0 aromatic heterocycles. The predicted molar refractivity (Wildman–Crippen MR) is 118 cm³/mol. The van der Waals surface area contributed by atoms with Crippen LogP contribution in [0.5, 0.6) is 0 Å². The molecule has 0 heterocycles. The Morgan fingerprint density at radius 3 is 2.55 bits per heavy atom. The van der Waals surface area contributed by atoms with Crippen molar-refractivity contribution in [2.75, 3.05) is 7.11 Å². The highest BCUT2D eigenvalue weighted by Crippen LogP contribution is 2.70. The molecule has 5 nitrogen and oxygen atoms in total. The second-order valence-electron chi connectivity index (χ2n) is 11.8. The van der Waals surface area contributed by atoms with E-state index in [-0.39, 0.29) is 41.3 Å². The third-order valence-corrected chi connectivity index (χ3v) is 10.8. The highest BCUT2D eigenvalue weighted by atomic mass is 16.5. The van der Waals surface area contributed by atoms with Crippen LogP contribution in [0.1, 0.15) is 85.5 Å². The van der Waals surface area contributed by atoms with Gasteiger partial charge >= 0.3 is 5.97 Å². The lowest BCUT2D eigenvalue weighted by Gasteiger charge is -2.64. The van der Waals surface area contributed by atoms with Crippen LogP contribution in [0, 0.1) is 45.8 Å². The Bertz CT molecular complexity index is 735. The zero-order valence-corrected chi connectivity index (χ0v) is 20.0. The standard InChI is InChI=1S/C26H42O5/c1-6-7-15(2)17-8-9-18-22-19(12-21(29)25(17,18)4)24(3)11-10-16(27)13-26(24,14-20(22)28)23(30)31-5/h15-19,21-22,27,29H,6-14H2,1-5H3/t15-,16-,17-,18+,19+,21+,22+,24-,25-,26?/m1/s1. The number of hydrogen-bond acceptors (Lipinski definition) is 5. The fourth-order valence-corrected chi connectivity index (χ4v) is 9.15. The van der Waals surface area contributed by atoms with Gasteiger partial charge in [-0.15, -0.1) is 0 Å². The maximum atomic E-state index is 13.8. The largest absolute Gasteiger partial charge is 0.469 e. The number of hydrogen-bond donors (Lipinski definition) is 2. The van der Waals surface area contributed by atoms with E-state index in [1.54, 1.807) is 0 Å². The van der Waals surface area contributed by atoms with Gasteiger partial charge in [0.25, 0.3) is 0 Å². The number of aliphatic hydroxyl groups excluding tert-OH is 2. The van der Waals surface area contributed by atoms with E-state index in [2.05, 4.69) is 27.7 Å². The molecule has 0 aliphatic heterocycles. The molecular weight excluding hydrogens is 392 g/mol. The summed E-state index contributed by atoms with van der Waals surface area (Å²) in [6, 6.07) is 0. The molecule has 0 aromatic carbocycles. The van der Waals surface area contributed by atoms with Crippen molar-refractivity contribution in [2.45, 2.75) is 97.7 Å². The lowest BCUT2D eigenvalue weighted by atomic mass is 9.39. The maximum absolute atomic E-state index is 13.8. The number of ketones is 1. The first-order chi connectivity index (χ1) is 14.6. The minimum absolute atomic E-state index is 0.0337. The first-order valence-corrected chi connectivity index (χ1v) is 12.5. The van der Waals surface area contributed by atoms with Crippen LogP contribution in [0.3, 0.4) is 0 Å². The highest BCUT2D eigenvalue weighted by Gasteiger charge is 2.71. The Morgan fingerprint density at radius 2 is 1.90 bits per heavy atom. The van der Waals surface area contributed by atoms with Crippen molar-refractivity contribution in [1.82, 2.24) is 0 Å². The lowest BCUT2D eigenvalue weighted by molar-refractivity contribution is -0.216. The van der Waals surface area contributed by atoms with Crippen LogP contribution in [0.4, 0.5) is 0 Å². The van der Waals surface area contributed by atoms with Crippen molar-refractivity contribution < 1.29 is 24.5 Å². The Morgan fingerprint density at radius 1 is 1.19 bits per heavy atom. The van der Waals surface area contributed by atoms with E-state index in [0.29, 0.717) is 37.5 Å². The molecule has 0 amide bonds. The van der Waals surface area contributed by atoms with E-state index in [1.165, 1.54) is 7.11 Å². The number of carbonyl (C=O) groups excluding carboxylic acids is 2. The molecule has 0 spiro atoms. The Kier molecular flexibility index (Phi) is 5.87. The van der Waals surface area contributed by atoms with Gasteiger partial charge in [0.1, 0.15) is 5.78 Å². The van der Waals surface area contributed by atoms with E-state index >= 15 is 0 Å². The molecule has 0 radical (unpaired) electrons. The predicted octanol–water partition coefficient (Wildman–Crippen LogP) is 4.14. The number of Topliss-reactive ketones (excluding diaryl/α,β-unsaturated/α-hetero) is 1. The fourth-order valence-electron chi connectivity index (χ4n) is 9.15. The van der Waals surface area contributed by atoms with Crippen molar-refractivity contribution in [3.63, 3.8) is 0 Å². The second-order valence-corrected chi connectivity index (χ2v) is 11.8. The van der Waals surface area contributed by atoms with E-state index in [0.717, 1.165) is 25.7 Å². The summed E-state index contributed by atoms with van der Waals surface area (Å²) in [7, 11) is 1.39. The molecule has 176 valence electrons. The SMILES string of the molecule is CCC[C@@H](C)[C@H]1CC[C@H]2[C@@H]3C(=O)CC4(C(=O)OC)C[C@H](O)CC[C@]4(C)[C@H]3C[C@H](O)[C@]12C. The van der Waals surface area contributed by atoms with Crippen molar-refractivity contribution >= 4 is 11.8 Å². The summed E-state index contributed by atoms with van der Waals surface area (Å²) in [5.41, 5.74) is -1.65. The van der Waals surface area contributed by atoms with Crippen LogP contribution in [0.15, 0.2) is 0 Å². The van der Waals surface area contributed by atoms with Gasteiger partial charge in [0, 0.05) is 17.8 Å². The third kappa shape index (κ3) is 3.01. The summed E-state index contributed by atoms with van der Waals surface area (Å²) < 4.78 is 5.24. The normalized spacial score (nSPS) is 50.2. The molecule has 4 rings (SSSR count). The second kappa shape index (κ2) is 7.83. The van der Waals surface area contributed by atoms with E-state index in [1.807, 2.05) is 0 Å². The smallest absolute Gasteiger partial charge is 0.312 e. The van der Waals surface area contributed by atoms with Crippen molar-refractivity contribution in [3.8, 4) is 0 Å². The van der Waals surface area contributed by atoms with Gasteiger partial charge in [-0.2, -0.15) is 0 Å². The quantitative estimate of drug-likeness (QED) is 0.650. The molecule has 4 saturated carbocycles. The zero-order valence-electron chi connectivity index (χ0n) is 20.0. The molecule has 0 bridgehead atoms. The highest BCUT2D eigenvalue weighted by molar-refractivity contribution is 5.91. The summed E-state index contributed by atoms with van der Waals surface area (Å²) >= 11 is 0. The molecule has 4 aliphatic carbocycles. The Hall–Kier alpha value is -0.940. The number of methoxy groups -OCH3 is 1. The van der Waals surface area contributed by atoms with Crippen LogP contribution >= 0.6 is 0 Å². The van der Waals surface area contributed by atoms with Gasteiger partial charge < -0.3 is 14.9 Å². The molecule has 31 heavy (non-hydrogen) atoms. The number of esters is 1. The van der Waals surface area contributed by atoms with Crippen LogP contribution in [0.25, 0.3) is 0 Å². The van der Waals surface area contributed by atoms with Gasteiger partial charge in [-0.3, -0.25) is 9.59 Å². The van der Waals surface area contributed by atoms with Gasteiger partial charge in [0.15, 0.2) is 0 Å². The van der Waals surface area contributed by atoms with Gasteiger partial charge in [0.05, 0.1) is 24.7 Å². The zero-order chi connectivity index (χ0) is 22.8. The van der Waals surface area contributed by atoms with Gasteiger partial charge in [-0.05, 0) is 67.6 Å². The summed E-state index contributed by atoms with van der Waals surface area (Å²) in [4.78, 5) is 26.9. The average Bonchev–Trinajstić information content (AvgIpc) is 3.08. The van der Waals surface area contributed by atoms with Crippen LogP contribution in [0.2, 0.25) is 0 Å². The third-order valence-electron chi connectivity index (χ3n) is 10.8. The Balaban J connectivity index is 1.75. The molecule has 5 heteroatoms. The summed E-state index contributed by atoms with van der Waals surface area (Å²) in [6.07, 6.45) is 5.69. The number of ether oxygens (including phenoxy) is 1. The lowest BCUT2D eigenvalue weighted by Crippen LogP contribution is -2.67. The summed E-state index contributed by atoms with van der Waals surface area (Å²) in [5, 5.41) is 22.1. The fraction of sp³-hybridized carbons (Fsp3) is 0.923. The summed E-state index contributed by atoms with van der Waals surface area (Å²) in [5.74, 6) is 0.836. The summed E-state index contributed by atoms with van der Waals surface area (Å²) in [6.45, 7) is 8.91. The van der Waals surface area contributed by atoms with Gasteiger partial charge in [0.2, 0.25) is 0 Å². The number of aliphatic hydroxyl groups is 2. The van der Waals surface area contributed by atoms with Crippen LogP contribution in [-0.2, 0) is 14.3 Å². The molecule has 10 atom stereocenters. The number of carbonyl (C=O) groups is 2. The first-order valence-electron chi connectivity index (χ1n) is 12.5. The molecule has 4 aliphatic rings. The average molecular weight is 435 g/mol. The van der Waals surface area contributed by atoms with E-state index < -0.39 is 23.0 Å². The van der Waals surface area contributed by atoms with Gasteiger partial charge in [-0.25, -0.2) is 0 Å². The molecule has 1 unspecified atom stereocenters. The minimum atomic E-state index is -0.974. The number of rotatable bonds is 4. The monoisotopic (exact) mass is 434 g/mol. The van der Waals surface area contributed by atoms with Crippen molar-refractivity contribution in [2.24, 2.45) is 45.8 Å². The molecule has 0 aromatic rings. The molecule has 0 saturated heterocycles. The Labute approximate surface area is 187 Å².